The van der Waals surface area contributed by atoms with Gasteiger partial charge >= 0.3 is 0 Å². The van der Waals surface area contributed by atoms with Crippen LogP contribution in [0.3, 0.4) is 0 Å². The van der Waals surface area contributed by atoms with E-state index in [1.807, 2.05) is 13.8 Å². The van der Waals surface area contributed by atoms with Crippen LogP contribution in [0.15, 0.2) is 0 Å². The largest absolute Gasteiger partial charge is 0.396 e. The highest BCUT2D eigenvalue weighted by Gasteiger charge is 2.11. The summed E-state index contributed by atoms with van der Waals surface area (Å²) in [5, 5.41) is 11.9. The van der Waals surface area contributed by atoms with Gasteiger partial charge in [0.2, 0.25) is 0 Å². The number of nitrogens with one attached hydrogen (secondary N) is 1. The SMILES string of the molecule is CC.OCCCC1CCNCC1. The molecule has 74 valence electrons. The quantitative estimate of drug-likeness (QED) is 0.682. The van der Waals surface area contributed by atoms with Crippen molar-refractivity contribution in [3.63, 3.8) is 0 Å². The third-order valence-corrected chi connectivity index (χ3v) is 2.23. The van der Waals surface area contributed by atoms with E-state index < -0.39 is 0 Å². The van der Waals surface area contributed by atoms with Gasteiger partial charge in [0, 0.05) is 6.61 Å². The second-order valence-electron chi connectivity index (χ2n) is 3.06. The maximum Gasteiger partial charge on any atom is 0.0431 e. The van der Waals surface area contributed by atoms with E-state index in [0.29, 0.717) is 6.61 Å². The maximum atomic E-state index is 8.58. The van der Waals surface area contributed by atoms with Crippen molar-refractivity contribution in [3.05, 3.63) is 0 Å². The highest BCUT2D eigenvalue weighted by molar-refractivity contribution is 4.67. The average Bonchev–Trinajstić information content (AvgIpc) is 2.19. The summed E-state index contributed by atoms with van der Waals surface area (Å²) < 4.78 is 0. The zero-order valence-electron chi connectivity index (χ0n) is 8.47. The Morgan fingerprint density at radius 3 is 2.33 bits per heavy atom. The number of aliphatic hydroxyl groups excluding tert-OH is 1. The summed E-state index contributed by atoms with van der Waals surface area (Å²) in [6.07, 6.45) is 4.82. The van der Waals surface area contributed by atoms with Crippen LogP contribution >= 0.6 is 0 Å². The molecule has 0 aliphatic carbocycles. The summed E-state index contributed by atoms with van der Waals surface area (Å²) in [7, 11) is 0. The predicted molar refractivity (Wildman–Crippen MR) is 53.3 cm³/mol. The first-order chi connectivity index (χ1) is 5.93. The van der Waals surface area contributed by atoms with E-state index in [2.05, 4.69) is 5.32 Å². The van der Waals surface area contributed by atoms with Crippen molar-refractivity contribution in [3.8, 4) is 0 Å². The molecule has 2 heteroatoms. The lowest BCUT2D eigenvalue weighted by Gasteiger charge is -2.21. The van der Waals surface area contributed by atoms with Crippen molar-refractivity contribution in [1.82, 2.24) is 5.32 Å². The minimum absolute atomic E-state index is 0.365. The molecular weight excluding hydrogens is 150 g/mol. The van der Waals surface area contributed by atoms with Crippen LogP contribution in [-0.4, -0.2) is 24.8 Å². The van der Waals surface area contributed by atoms with Gasteiger partial charge in [0.15, 0.2) is 0 Å². The molecule has 0 radical (unpaired) electrons. The zero-order chi connectivity index (χ0) is 9.23. The summed E-state index contributed by atoms with van der Waals surface area (Å²) in [6, 6.07) is 0. The van der Waals surface area contributed by atoms with E-state index >= 15 is 0 Å². The lowest BCUT2D eigenvalue weighted by atomic mass is 9.93. The van der Waals surface area contributed by atoms with E-state index in [4.69, 9.17) is 5.11 Å². The van der Waals surface area contributed by atoms with Gasteiger partial charge in [-0.05, 0) is 44.7 Å². The van der Waals surface area contributed by atoms with Gasteiger partial charge in [-0.25, -0.2) is 0 Å². The fourth-order valence-corrected chi connectivity index (χ4v) is 1.55. The van der Waals surface area contributed by atoms with Crippen LogP contribution in [0.25, 0.3) is 0 Å². The molecule has 12 heavy (non-hydrogen) atoms. The van der Waals surface area contributed by atoms with Crippen LogP contribution in [0.5, 0.6) is 0 Å². The zero-order valence-corrected chi connectivity index (χ0v) is 8.47. The van der Waals surface area contributed by atoms with Crippen LogP contribution < -0.4 is 5.32 Å². The highest BCUT2D eigenvalue weighted by atomic mass is 16.2. The first kappa shape index (κ1) is 11.9. The van der Waals surface area contributed by atoms with Crippen LogP contribution in [0.4, 0.5) is 0 Å². The van der Waals surface area contributed by atoms with E-state index in [9.17, 15) is 0 Å². The van der Waals surface area contributed by atoms with Crippen molar-refractivity contribution in [2.24, 2.45) is 5.92 Å². The Labute approximate surface area is 76.4 Å². The molecule has 1 saturated heterocycles. The minimum Gasteiger partial charge on any atom is -0.396 e. The number of rotatable bonds is 3. The molecule has 1 rings (SSSR count). The Kier molecular flexibility index (Phi) is 8.95. The number of hydrogen-bond acceptors (Lipinski definition) is 2. The Morgan fingerprint density at radius 2 is 1.83 bits per heavy atom. The van der Waals surface area contributed by atoms with E-state index in [0.717, 1.165) is 12.3 Å². The van der Waals surface area contributed by atoms with Gasteiger partial charge in [0.1, 0.15) is 0 Å². The molecule has 0 amide bonds. The molecule has 2 nitrogen and oxygen atoms in total. The molecular formula is C10H23NO. The van der Waals surface area contributed by atoms with Crippen molar-refractivity contribution < 1.29 is 5.11 Å². The first-order valence-corrected chi connectivity index (χ1v) is 5.25. The summed E-state index contributed by atoms with van der Waals surface area (Å²) in [4.78, 5) is 0. The van der Waals surface area contributed by atoms with Gasteiger partial charge in [-0.1, -0.05) is 13.8 Å². The molecule has 0 aromatic heterocycles. The lowest BCUT2D eigenvalue weighted by molar-refractivity contribution is 0.257. The third-order valence-electron chi connectivity index (χ3n) is 2.23. The van der Waals surface area contributed by atoms with Crippen LogP contribution in [-0.2, 0) is 0 Å². The van der Waals surface area contributed by atoms with Gasteiger partial charge in [-0.3, -0.25) is 0 Å². The second-order valence-corrected chi connectivity index (χ2v) is 3.06. The number of hydrogen-bond donors (Lipinski definition) is 2. The third kappa shape index (κ3) is 5.56. The molecule has 0 bridgehead atoms. The fourth-order valence-electron chi connectivity index (χ4n) is 1.55. The Morgan fingerprint density at radius 1 is 1.25 bits per heavy atom. The van der Waals surface area contributed by atoms with Crippen LogP contribution in [0.2, 0.25) is 0 Å². The maximum absolute atomic E-state index is 8.58. The van der Waals surface area contributed by atoms with Gasteiger partial charge in [0.05, 0.1) is 0 Å². The molecule has 0 atom stereocenters. The highest BCUT2D eigenvalue weighted by Crippen LogP contribution is 2.16. The van der Waals surface area contributed by atoms with Crippen molar-refractivity contribution in [2.45, 2.75) is 39.5 Å². The monoisotopic (exact) mass is 173 g/mol. The first-order valence-electron chi connectivity index (χ1n) is 5.25. The number of aliphatic hydroxyl groups is 1. The second kappa shape index (κ2) is 9.01. The van der Waals surface area contributed by atoms with Gasteiger partial charge in [0.25, 0.3) is 0 Å². The molecule has 1 aliphatic heterocycles. The molecule has 0 unspecified atom stereocenters. The standard InChI is InChI=1S/C8H17NO.C2H6/c10-7-1-2-8-3-5-9-6-4-8;1-2/h8-10H,1-7H2;1-2H3. The number of piperidine rings is 1. The Hall–Kier alpha value is -0.0800. The molecule has 0 aromatic rings. The summed E-state index contributed by atoms with van der Waals surface area (Å²) >= 11 is 0. The normalized spacial score (nSPS) is 18.2. The van der Waals surface area contributed by atoms with Crippen LogP contribution in [0, 0.1) is 5.92 Å². The minimum atomic E-state index is 0.365. The Bertz CT molecular complexity index is 79.9. The molecule has 2 N–H and O–H groups in total. The van der Waals surface area contributed by atoms with E-state index in [1.54, 1.807) is 0 Å². The van der Waals surface area contributed by atoms with Crippen molar-refractivity contribution >= 4 is 0 Å². The van der Waals surface area contributed by atoms with Gasteiger partial charge in [-0.15, -0.1) is 0 Å². The summed E-state index contributed by atoms with van der Waals surface area (Å²) in [5.41, 5.74) is 0. The molecule has 1 aliphatic rings. The summed E-state index contributed by atoms with van der Waals surface area (Å²) in [5.74, 6) is 0.883. The molecule has 0 aromatic carbocycles. The van der Waals surface area contributed by atoms with E-state index in [-0.39, 0.29) is 0 Å². The molecule has 1 fully saturated rings. The fraction of sp³-hybridized carbons (Fsp3) is 1.00. The van der Waals surface area contributed by atoms with Crippen LogP contribution in [0.1, 0.15) is 39.5 Å². The summed E-state index contributed by atoms with van der Waals surface area (Å²) in [6.45, 7) is 6.72. The molecule has 0 saturated carbocycles. The predicted octanol–water partition coefficient (Wildman–Crippen LogP) is 1.78. The molecule has 0 spiro atoms. The smallest absolute Gasteiger partial charge is 0.0431 e. The topological polar surface area (TPSA) is 32.3 Å². The van der Waals surface area contributed by atoms with Crippen molar-refractivity contribution in [2.75, 3.05) is 19.7 Å². The average molecular weight is 173 g/mol. The lowest BCUT2D eigenvalue weighted by Crippen LogP contribution is -2.27. The van der Waals surface area contributed by atoms with Crippen molar-refractivity contribution in [1.29, 1.82) is 0 Å². The molecule has 1 heterocycles. The van der Waals surface area contributed by atoms with Gasteiger partial charge in [-0.2, -0.15) is 0 Å². The van der Waals surface area contributed by atoms with E-state index in [1.165, 1.54) is 32.4 Å². The Balaban J connectivity index is 0.000000561. The van der Waals surface area contributed by atoms with Gasteiger partial charge < -0.3 is 10.4 Å².